The number of nitrogens with one attached hydrogen (secondary N) is 2. The summed E-state index contributed by atoms with van der Waals surface area (Å²) in [5.74, 6) is 2.28. The molecule has 10 heteroatoms. The maximum Gasteiger partial charge on any atom is 0.324 e. The van der Waals surface area contributed by atoms with Crippen LogP contribution in [0.1, 0.15) is 17.1 Å². The summed E-state index contributed by atoms with van der Waals surface area (Å²) in [4.78, 5) is 36.6. The topological polar surface area (TPSA) is 118 Å². The minimum Gasteiger partial charge on any atom is -0.468 e. The third kappa shape index (κ3) is 6.04. The lowest BCUT2D eigenvalue weighted by Crippen LogP contribution is -2.54. The molecule has 0 bridgehead atoms. The highest BCUT2D eigenvalue weighted by atomic mass is 16.5. The fourth-order valence-corrected chi connectivity index (χ4v) is 4.20. The smallest absolute Gasteiger partial charge is 0.324 e. The Hall–Kier alpha value is -4.44. The van der Waals surface area contributed by atoms with Crippen LogP contribution in [0.5, 0.6) is 0 Å². The third-order valence-corrected chi connectivity index (χ3v) is 6.06. The molecule has 3 aromatic heterocycles. The van der Waals surface area contributed by atoms with E-state index in [9.17, 15) is 4.79 Å². The predicted octanol–water partition coefficient (Wildman–Crippen LogP) is 2.92. The molecule has 1 aliphatic heterocycles. The number of carbonyl (C=O) groups is 1. The van der Waals surface area contributed by atoms with Crippen molar-refractivity contribution >= 4 is 23.3 Å². The lowest BCUT2D eigenvalue weighted by molar-refractivity contribution is -0.143. The van der Waals surface area contributed by atoms with Crippen LogP contribution in [0.4, 0.5) is 17.3 Å². The molecule has 2 N–H and O–H groups in total. The Labute approximate surface area is 215 Å². The van der Waals surface area contributed by atoms with Gasteiger partial charge in [0.25, 0.3) is 0 Å². The van der Waals surface area contributed by atoms with Crippen molar-refractivity contribution in [1.29, 1.82) is 0 Å². The number of hydrogen-bond donors (Lipinski definition) is 2. The quantitative estimate of drug-likeness (QED) is 0.370. The summed E-state index contributed by atoms with van der Waals surface area (Å²) in [5, 5.41) is 6.44. The van der Waals surface area contributed by atoms with Crippen LogP contribution in [-0.2, 0) is 16.0 Å². The number of rotatable bonds is 7. The maximum atomic E-state index is 11.9. The van der Waals surface area contributed by atoms with Gasteiger partial charge in [-0.25, -0.2) is 24.9 Å². The van der Waals surface area contributed by atoms with E-state index in [0.717, 1.165) is 35.7 Å². The van der Waals surface area contributed by atoms with Crippen molar-refractivity contribution in [3.63, 3.8) is 0 Å². The molecule has 5 rings (SSSR count). The minimum absolute atomic E-state index is 0.239. The molecule has 1 atom stereocenters. The van der Waals surface area contributed by atoms with Crippen LogP contribution in [0.3, 0.4) is 0 Å². The van der Waals surface area contributed by atoms with E-state index in [-0.39, 0.29) is 12.0 Å². The Morgan fingerprint density at radius 2 is 1.81 bits per heavy atom. The SMILES string of the molecule is COC(=O)[C@@H]1CN(c2ccc(Cc3nccc(Nc4ccnc(-c5cccc(C)n5)n4)n3)cc2)CCN1. The molecule has 1 aliphatic rings. The van der Waals surface area contributed by atoms with Crippen LogP contribution >= 0.6 is 0 Å². The standard InChI is InChI=1S/C27H28N8O2/c1-18-4-3-5-21(31-18)26-30-13-11-24(34-26)32-23-10-12-29-25(33-23)16-19-6-8-20(9-7-19)35-15-14-28-22(17-35)27(36)37-2/h3-13,22,28H,14-17H2,1-2H3,(H,29,30,32,33,34)/t22-/m0/s1. The van der Waals surface area contributed by atoms with E-state index in [2.05, 4.69) is 64.7 Å². The van der Waals surface area contributed by atoms with Gasteiger partial charge in [-0.05, 0) is 48.9 Å². The molecule has 1 saturated heterocycles. The number of hydrogen-bond acceptors (Lipinski definition) is 10. The normalized spacial score (nSPS) is 15.3. The summed E-state index contributed by atoms with van der Waals surface area (Å²) in [6.07, 6.45) is 4.02. The number of aryl methyl sites for hydroxylation is 1. The molecule has 4 heterocycles. The molecular formula is C27H28N8O2. The van der Waals surface area contributed by atoms with Crippen LogP contribution in [-0.4, -0.2) is 63.7 Å². The number of piperazine rings is 1. The summed E-state index contributed by atoms with van der Waals surface area (Å²) >= 11 is 0. The molecule has 0 amide bonds. The van der Waals surface area contributed by atoms with Gasteiger partial charge in [0.1, 0.15) is 29.2 Å². The van der Waals surface area contributed by atoms with Crippen molar-refractivity contribution in [3.05, 3.63) is 84.1 Å². The first-order valence-electron chi connectivity index (χ1n) is 12.1. The summed E-state index contributed by atoms with van der Waals surface area (Å²) in [6.45, 7) is 4.07. The summed E-state index contributed by atoms with van der Waals surface area (Å²) in [6, 6.07) is 17.3. The van der Waals surface area contributed by atoms with Crippen molar-refractivity contribution in [2.24, 2.45) is 0 Å². The van der Waals surface area contributed by atoms with Crippen LogP contribution in [0, 0.1) is 6.92 Å². The minimum atomic E-state index is -0.318. The van der Waals surface area contributed by atoms with E-state index in [0.29, 0.717) is 36.3 Å². The van der Waals surface area contributed by atoms with Gasteiger partial charge >= 0.3 is 5.97 Å². The molecule has 0 unspecified atom stereocenters. The number of benzene rings is 1. The summed E-state index contributed by atoms with van der Waals surface area (Å²) in [7, 11) is 1.41. The van der Waals surface area contributed by atoms with E-state index < -0.39 is 0 Å². The third-order valence-electron chi connectivity index (χ3n) is 6.06. The zero-order valence-corrected chi connectivity index (χ0v) is 20.8. The number of pyridine rings is 1. The van der Waals surface area contributed by atoms with Gasteiger partial charge in [0, 0.05) is 49.8 Å². The lowest BCUT2D eigenvalue weighted by atomic mass is 10.1. The van der Waals surface area contributed by atoms with E-state index in [4.69, 9.17) is 4.74 Å². The fraction of sp³-hybridized carbons (Fsp3) is 0.259. The van der Waals surface area contributed by atoms with Crippen molar-refractivity contribution in [2.45, 2.75) is 19.4 Å². The van der Waals surface area contributed by atoms with Crippen LogP contribution < -0.4 is 15.5 Å². The van der Waals surface area contributed by atoms with Gasteiger partial charge in [0.05, 0.1) is 7.11 Å². The number of carbonyl (C=O) groups excluding carboxylic acids is 1. The van der Waals surface area contributed by atoms with Gasteiger partial charge in [-0.15, -0.1) is 0 Å². The number of methoxy groups -OCH3 is 1. The number of aromatic nitrogens is 5. The number of anilines is 3. The van der Waals surface area contributed by atoms with Gasteiger partial charge < -0.3 is 20.3 Å². The molecule has 0 saturated carbocycles. The Morgan fingerprint density at radius 3 is 2.59 bits per heavy atom. The molecule has 0 aliphatic carbocycles. The molecule has 0 spiro atoms. The first-order chi connectivity index (χ1) is 18.1. The van der Waals surface area contributed by atoms with Gasteiger partial charge in [-0.2, -0.15) is 0 Å². The zero-order valence-electron chi connectivity index (χ0n) is 20.8. The second-order valence-corrected chi connectivity index (χ2v) is 8.73. The van der Waals surface area contributed by atoms with Crippen molar-refractivity contribution in [1.82, 2.24) is 30.2 Å². The molecule has 37 heavy (non-hydrogen) atoms. The maximum absolute atomic E-state index is 11.9. The molecule has 10 nitrogen and oxygen atoms in total. The van der Waals surface area contributed by atoms with E-state index >= 15 is 0 Å². The number of esters is 1. The molecule has 0 radical (unpaired) electrons. The van der Waals surface area contributed by atoms with Gasteiger partial charge in [0.15, 0.2) is 5.82 Å². The van der Waals surface area contributed by atoms with Gasteiger partial charge in [0.2, 0.25) is 0 Å². The van der Waals surface area contributed by atoms with Crippen molar-refractivity contribution < 1.29 is 9.53 Å². The number of ether oxygens (including phenoxy) is 1. The fourth-order valence-electron chi connectivity index (χ4n) is 4.20. The average Bonchev–Trinajstić information content (AvgIpc) is 2.93. The molecule has 1 aromatic carbocycles. The Balaban J connectivity index is 1.24. The average molecular weight is 497 g/mol. The van der Waals surface area contributed by atoms with Crippen LogP contribution in [0.2, 0.25) is 0 Å². The van der Waals surface area contributed by atoms with E-state index in [1.165, 1.54) is 7.11 Å². The highest BCUT2D eigenvalue weighted by Crippen LogP contribution is 2.20. The lowest BCUT2D eigenvalue weighted by Gasteiger charge is -2.34. The molecular weight excluding hydrogens is 468 g/mol. The summed E-state index contributed by atoms with van der Waals surface area (Å²) in [5.41, 5.74) is 3.79. The highest BCUT2D eigenvalue weighted by Gasteiger charge is 2.26. The monoisotopic (exact) mass is 496 g/mol. The van der Waals surface area contributed by atoms with Crippen molar-refractivity contribution in [3.8, 4) is 11.5 Å². The Morgan fingerprint density at radius 1 is 1.03 bits per heavy atom. The first-order valence-corrected chi connectivity index (χ1v) is 12.1. The van der Waals surface area contributed by atoms with E-state index in [1.807, 2.05) is 25.1 Å². The number of nitrogens with zero attached hydrogens (tertiary/aromatic N) is 6. The second kappa shape index (κ2) is 11.1. The Kier molecular flexibility index (Phi) is 7.27. The molecule has 1 fully saturated rings. The van der Waals surface area contributed by atoms with Gasteiger partial charge in [-0.1, -0.05) is 18.2 Å². The first kappa shape index (κ1) is 24.3. The van der Waals surface area contributed by atoms with Crippen LogP contribution in [0.25, 0.3) is 11.5 Å². The largest absolute Gasteiger partial charge is 0.468 e. The van der Waals surface area contributed by atoms with E-state index in [1.54, 1.807) is 24.5 Å². The molecule has 188 valence electrons. The molecule has 4 aromatic rings. The Bertz CT molecular complexity index is 1380. The second-order valence-electron chi connectivity index (χ2n) is 8.73. The zero-order chi connectivity index (χ0) is 25.6. The van der Waals surface area contributed by atoms with Gasteiger partial charge in [-0.3, -0.25) is 4.79 Å². The predicted molar refractivity (Wildman–Crippen MR) is 141 cm³/mol. The highest BCUT2D eigenvalue weighted by molar-refractivity contribution is 5.77. The summed E-state index contributed by atoms with van der Waals surface area (Å²) < 4.78 is 4.88. The van der Waals surface area contributed by atoms with Crippen LogP contribution in [0.15, 0.2) is 67.0 Å². The van der Waals surface area contributed by atoms with Crippen molar-refractivity contribution in [2.75, 3.05) is 37.0 Å².